The van der Waals surface area contributed by atoms with Gasteiger partial charge in [-0.2, -0.15) is 0 Å². The van der Waals surface area contributed by atoms with Crippen molar-refractivity contribution in [3.05, 3.63) is 82.9 Å². The quantitative estimate of drug-likeness (QED) is 0.541. The molecule has 1 fully saturated rings. The number of hydrogen-bond donors (Lipinski definition) is 1. The van der Waals surface area contributed by atoms with Crippen molar-refractivity contribution in [2.24, 2.45) is 0 Å². The summed E-state index contributed by atoms with van der Waals surface area (Å²) >= 11 is 5.76. The van der Waals surface area contributed by atoms with Gasteiger partial charge in [0.1, 0.15) is 0 Å². The van der Waals surface area contributed by atoms with Crippen molar-refractivity contribution >= 4 is 17.3 Å². The van der Waals surface area contributed by atoms with Crippen LogP contribution in [0.1, 0.15) is 60.6 Å². The minimum absolute atomic E-state index is 0.0422. The predicted octanol–water partition coefficient (Wildman–Crippen LogP) is 5.43. The summed E-state index contributed by atoms with van der Waals surface area (Å²) in [5.74, 6) is 0. The molecule has 0 saturated carbocycles. The van der Waals surface area contributed by atoms with Crippen molar-refractivity contribution in [1.82, 2.24) is 19.8 Å². The van der Waals surface area contributed by atoms with Crippen LogP contribution in [0.4, 0.5) is 0 Å². The van der Waals surface area contributed by atoms with Crippen LogP contribution in [0, 0.1) is 13.8 Å². The van der Waals surface area contributed by atoms with Crippen LogP contribution in [0.15, 0.2) is 54.7 Å². The van der Waals surface area contributed by atoms with Gasteiger partial charge in [0.2, 0.25) is 0 Å². The Morgan fingerprint density at radius 3 is 2.53 bits per heavy atom. The molecule has 30 heavy (non-hydrogen) atoms. The lowest BCUT2D eigenvalue weighted by Gasteiger charge is -2.28. The van der Waals surface area contributed by atoms with E-state index in [-0.39, 0.29) is 12.1 Å². The molecule has 1 aromatic carbocycles. The fourth-order valence-electron chi connectivity index (χ4n) is 4.71. The van der Waals surface area contributed by atoms with E-state index in [1.54, 1.807) is 0 Å². The molecular formula is C25H30N4S. The number of aryl methyl sites for hydroxylation is 2. The summed E-state index contributed by atoms with van der Waals surface area (Å²) in [6, 6.07) is 17.3. The molecule has 156 valence electrons. The van der Waals surface area contributed by atoms with Crippen LogP contribution in [-0.2, 0) is 6.42 Å². The summed E-state index contributed by atoms with van der Waals surface area (Å²) in [5.41, 5.74) is 7.49. The number of rotatable bonds is 6. The Kier molecular flexibility index (Phi) is 5.91. The van der Waals surface area contributed by atoms with Crippen molar-refractivity contribution in [1.29, 1.82) is 0 Å². The molecule has 0 spiro atoms. The average Bonchev–Trinajstić information content (AvgIpc) is 3.24. The lowest BCUT2D eigenvalue weighted by atomic mass is 9.96. The first-order valence-corrected chi connectivity index (χ1v) is 11.2. The van der Waals surface area contributed by atoms with Crippen LogP contribution in [0.3, 0.4) is 0 Å². The zero-order valence-electron chi connectivity index (χ0n) is 18.2. The monoisotopic (exact) mass is 418 g/mol. The Labute approximate surface area is 184 Å². The lowest BCUT2D eigenvalue weighted by Crippen LogP contribution is -2.30. The fraction of sp³-hybridized carbons (Fsp3) is 0.360. The van der Waals surface area contributed by atoms with Gasteiger partial charge >= 0.3 is 0 Å². The van der Waals surface area contributed by atoms with E-state index >= 15 is 0 Å². The van der Waals surface area contributed by atoms with Crippen molar-refractivity contribution < 1.29 is 0 Å². The molecule has 0 aliphatic carbocycles. The molecule has 1 aliphatic heterocycles. The minimum atomic E-state index is 0.0422. The highest BCUT2D eigenvalue weighted by Crippen LogP contribution is 2.41. The van der Waals surface area contributed by atoms with Crippen molar-refractivity contribution in [2.75, 3.05) is 6.54 Å². The SMILES string of the molecule is CCCN1C(=S)N[C@H](c2ccccn2)[C@@H]1c1cc(C)n(-c2ccccc2CC)c1C. The molecule has 2 aromatic heterocycles. The molecule has 1 aliphatic rings. The normalized spacial score (nSPS) is 18.7. The van der Waals surface area contributed by atoms with Crippen LogP contribution in [0.2, 0.25) is 0 Å². The van der Waals surface area contributed by atoms with Crippen LogP contribution in [0.5, 0.6) is 0 Å². The second kappa shape index (κ2) is 8.60. The maximum absolute atomic E-state index is 5.76. The van der Waals surface area contributed by atoms with E-state index in [0.29, 0.717) is 0 Å². The number of thiocarbonyl (C=S) groups is 1. The van der Waals surface area contributed by atoms with Crippen molar-refractivity contribution in [3.63, 3.8) is 0 Å². The Morgan fingerprint density at radius 2 is 1.83 bits per heavy atom. The van der Waals surface area contributed by atoms with Crippen LogP contribution >= 0.6 is 12.2 Å². The first kappa shape index (κ1) is 20.6. The summed E-state index contributed by atoms with van der Waals surface area (Å²) in [6.45, 7) is 9.77. The van der Waals surface area contributed by atoms with E-state index in [0.717, 1.165) is 30.2 Å². The largest absolute Gasteiger partial charge is 0.352 e. The van der Waals surface area contributed by atoms with E-state index in [1.165, 1.54) is 28.2 Å². The summed E-state index contributed by atoms with van der Waals surface area (Å²) in [4.78, 5) is 6.99. The zero-order chi connectivity index (χ0) is 21.3. The van der Waals surface area contributed by atoms with Crippen LogP contribution < -0.4 is 5.32 Å². The zero-order valence-corrected chi connectivity index (χ0v) is 19.0. The molecule has 0 bridgehead atoms. The van der Waals surface area contributed by atoms with Gasteiger partial charge in [-0.15, -0.1) is 0 Å². The third-order valence-corrected chi connectivity index (χ3v) is 6.42. The maximum atomic E-state index is 5.76. The van der Waals surface area contributed by atoms with E-state index in [2.05, 4.69) is 83.9 Å². The molecule has 2 atom stereocenters. The predicted molar refractivity (Wildman–Crippen MR) is 127 cm³/mol. The molecule has 1 N–H and O–H groups in total. The van der Waals surface area contributed by atoms with Gasteiger partial charge in [0, 0.05) is 29.8 Å². The number of benzene rings is 1. The molecule has 3 aromatic rings. The van der Waals surface area contributed by atoms with Crippen molar-refractivity contribution in [3.8, 4) is 5.69 Å². The second-order valence-corrected chi connectivity index (χ2v) is 8.35. The number of pyridine rings is 1. The van der Waals surface area contributed by atoms with E-state index in [9.17, 15) is 0 Å². The molecule has 1 saturated heterocycles. The minimum Gasteiger partial charge on any atom is -0.352 e. The third kappa shape index (κ3) is 3.52. The highest BCUT2D eigenvalue weighted by molar-refractivity contribution is 7.80. The van der Waals surface area contributed by atoms with Crippen LogP contribution in [-0.4, -0.2) is 26.1 Å². The molecule has 0 unspecified atom stereocenters. The first-order chi connectivity index (χ1) is 14.6. The molecule has 0 radical (unpaired) electrons. The van der Waals surface area contributed by atoms with Crippen molar-refractivity contribution in [2.45, 2.75) is 52.6 Å². The molecular weight excluding hydrogens is 388 g/mol. The standard InChI is InChI=1S/C25H30N4S/c1-5-15-28-24(23(27-25(28)30)21-12-9-10-14-26-21)20-16-17(3)29(18(20)4)22-13-8-7-11-19(22)6-2/h7-14,16,23-24H,5-6,15H2,1-4H3,(H,27,30)/t23-,24+/m1/s1. The Bertz CT molecular complexity index is 1040. The number of aromatic nitrogens is 2. The molecule has 3 heterocycles. The van der Waals surface area contributed by atoms with Gasteiger partial charge in [-0.05, 0) is 74.3 Å². The van der Waals surface area contributed by atoms with Gasteiger partial charge in [0.25, 0.3) is 0 Å². The van der Waals surface area contributed by atoms with Gasteiger partial charge in [0.05, 0.1) is 17.8 Å². The highest BCUT2D eigenvalue weighted by atomic mass is 32.1. The third-order valence-electron chi connectivity index (χ3n) is 6.06. The van der Waals surface area contributed by atoms with Crippen LogP contribution in [0.25, 0.3) is 5.69 Å². The summed E-state index contributed by atoms with van der Waals surface area (Å²) < 4.78 is 2.40. The molecule has 5 heteroatoms. The van der Waals surface area contributed by atoms with Gasteiger partial charge in [-0.1, -0.05) is 38.1 Å². The Balaban J connectivity index is 1.85. The number of nitrogens with one attached hydrogen (secondary N) is 1. The smallest absolute Gasteiger partial charge is 0.170 e. The van der Waals surface area contributed by atoms with Gasteiger partial charge in [0.15, 0.2) is 5.11 Å². The Hall–Kier alpha value is -2.66. The number of nitrogens with zero attached hydrogens (tertiary/aromatic N) is 3. The number of para-hydroxylation sites is 1. The number of hydrogen-bond acceptors (Lipinski definition) is 2. The maximum Gasteiger partial charge on any atom is 0.170 e. The van der Waals surface area contributed by atoms with Gasteiger partial charge in [-0.3, -0.25) is 4.98 Å². The Morgan fingerprint density at radius 1 is 1.07 bits per heavy atom. The highest BCUT2D eigenvalue weighted by Gasteiger charge is 2.40. The average molecular weight is 419 g/mol. The molecule has 4 rings (SSSR count). The second-order valence-electron chi connectivity index (χ2n) is 7.96. The van der Waals surface area contributed by atoms with Gasteiger partial charge in [-0.25, -0.2) is 0 Å². The first-order valence-electron chi connectivity index (χ1n) is 10.8. The molecule has 0 amide bonds. The van der Waals surface area contributed by atoms with E-state index in [1.807, 2.05) is 18.3 Å². The topological polar surface area (TPSA) is 33.1 Å². The lowest BCUT2D eigenvalue weighted by molar-refractivity contribution is 0.316. The van der Waals surface area contributed by atoms with E-state index in [4.69, 9.17) is 12.2 Å². The molecule has 4 nitrogen and oxygen atoms in total. The summed E-state index contributed by atoms with van der Waals surface area (Å²) in [6.07, 6.45) is 3.92. The van der Waals surface area contributed by atoms with Gasteiger partial charge < -0.3 is 14.8 Å². The van der Waals surface area contributed by atoms with E-state index < -0.39 is 0 Å². The summed E-state index contributed by atoms with van der Waals surface area (Å²) in [7, 11) is 0. The summed E-state index contributed by atoms with van der Waals surface area (Å²) in [5, 5.41) is 4.37. The fourth-order valence-corrected chi connectivity index (χ4v) is 5.04.